The molecule has 1 heterocycles. The normalized spacial score (nSPS) is 10.8. The fraction of sp³-hybridized carbons (Fsp3) is 0.0769. The van der Waals surface area contributed by atoms with E-state index in [1.165, 1.54) is 11.1 Å². The Morgan fingerprint density at radius 2 is 1.75 bits per heavy atom. The number of rotatable bonds is 1. The van der Waals surface area contributed by atoms with E-state index in [0.29, 0.717) is 0 Å². The van der Waals surface area contributed by atoms with Crippen LogP contribution in [-0.4, -0.2) is 15.4 Å². The summed E-state index contributed by atoms with van der Waals surface area (Å²) in [6.07, 6.45) is 0. The summed E-state index contributed by atoms with van der Waals surface area (Å²) in [6.45, 7) is 2.05. The summed E-state index contributed by atoms with van der Waals surface area (Å²) in [5.41, 5.74) is 5.39. The van der Waals surface area contributed by atoms with E-state index >= 15 is 0 Å². The molecule has 2 aromatic carbocycles. The van der Waals surface area contributed by atoms with Gasteiger partial charge in [0.25, 0.3) is 0 Å². The van der Waals surface area contributed by atoms with E-state index in [1.807, 2.05) is 18.2 Å². The predicted octanol–water partition coefficient (Wildman–Crippen LogP) is 2.93. The molecule has 16 heavy (non-hydrogen) atoms. The second kappa shape index (κ2) is 3.45. The molecule has 0 unspecified atom stereocenters. The van der Waals surface area contributed by atoms with Gasteiger partial charge < -0.3 is 0 Å². The van der Waals surface area contributed by atoms with E-state index < -0.39 is 0 Å². The molecule has 3 nitrogen and oxygen atoms in total. The third-order valence-corrected chi connectivity index (χ3v) is 2.72. The Morgan fingerprint density at radius 3 is 2.56 bits per heavy atom. The van der Waals surface area contributed by atoms with E-state index in [-0.39, 0.29) is 0 Å². The van der Waals surface area contributed by atoms with Gasteiger partial charge in [-0.05, 0) is 35.7 Å². The van der Waals surface area contributed by atoms with Crippen molar-refractivity contribution in [1.82, 2.24) is 15.4 Å². The maximum atomic E-state index is 4.13. The van der Waals surface area contributed by atoms with Crippen LogP contribution in [0, 0.1) is 6.92 Å². The van der Waals surface area contributed by atoms with Gasteiger partial charge in [0.1, 0.15) is 11.0 Å². The van der Waals surface area contributed by atoms with Crippen LogP contribution >= 0.6 is 0 Å². The molecule has 1 N–H and O–H groups in total. The van der Waals surface area contributed by atoms with Crippen molar-refractivity contribution >= 4 is 11.0 Å². The van der Waals surface area contributed by atoms with Crippen molar-refractivity contribution < 1.29 is 0 Å². The number of aromatic amines is 1. The summed E-state index contributed by atoms with van der Waals surface area (Å²) >= 11 is 0. The van der Waals surface area contributed by atoms with Crippen LogP contribution < -0.4 is 0 Å². The standard InChI is InChI=1S/C13H11N3/c1-9-7-11(10-5-3-2-4-6-10)8-12-13(9)15-16-14-12/h2-8H,1H3,(H,14,15,16). The van der Waals surface area contributed by atoms with Gasteiger partial charge in [-0.25, -0.2) is 0 Å². The smallest absolute Gasteiger partial charge is 0.115 e. The molecule has 78 valence electrons. The molecule has 0 saturated carbocycles. The van der Waals surface area contributed by atoms with Crippen molar-refractivity contribution in [2.24, 2.45) is 0 Å². The molecule has 0 fully saturated rings. The van der Waals surface area contributed by atoms with Gasteiger partial charge in [-0.15, -0.1) is 0 Å². The Kier molecular flexibility index (Phi) is 1.96. The van der Waals surface area contributed by atoms with Gasteiger partial charge >= 0.3 is 0 Å². The number of hydrogen-bond donors (Lipinski definition) is 1. The number of fused-ring (bicyclic) bond motifs is 1. The highest BCUT2D eigenvalue weighted by molar-refractivity contribution is 5.83. The molecule has 0 bridgehead atoms. The van der Waals surface area contributed by atoms with Crippen LogP contribution in [0.1, 0.15) is 5.56 Å². The molecule has 1 aromatic heterocycles. The number of aromatic nitrogens is 3. The molecule has 3 heteroatoms. The molecule has 3 rings (SSSR count). The first-order valence-corrected chi connectivity index (χ1v) is 5.21. The number of nitrogens with one attached hydrogen (secondary N) is 1. The lowest BCUT2D eigenvalue weighted by Gasteiger charge is -2.02. The molecule has 0 radical (unpaired) electrons. The maximum Gasteiger partial charge on any atom is 0.115 e. The van der Waals surface area contributed by atoms with E-state index in [4.69, 9.17) is 0 Å². The van der Waals surface area contributed by atoms with E-state index in [2.05, 4.69) is 46.6 Å². The van der Waals surface area contributed by atoms with Crippen molar-refractivity contribution in [3.8, 4) is 11.1 Å². The summed E-state index contributed by atoms with van der Waals surface area (Å²) in [5.74, 6) is 0. The lowest BCUT2D eigenvalue weighted by molar-refractivity contribution is 0.958. The van der Waals surface area contributed by atoms with Gasteiger partial charge in [-0.2, -0.15) is 15.4 Å². The topological polar surface area (TPSA) is 41.6 Å². The molecule has 0 aliphatic heterocycles. The monoisotopic (exact) mass is 209 g/mol. The zero-order valence-corrected chi connectivity index (χ0v) is 8.94. The van der Waals surface area contributed by atoms with Crippen LogP contribution in [0.15, 0.2) is 42.5 Å². The molecule has 0 spiro atoms. The van der Waals surface area contributed by atoms with Crippen LogP contribution in [0.25, 0.3) is 22.2 Å². The molecular weight excluding hydrogens is 198 g/mol. The van der Waals surface area contributed by atoms with Gasteiger partial charge in [-0.3, -0.25) is 0 Å². The Balaban J connectivity index is 2.25. The summed E-state index contributed by atoms with van der Waals surface area (Å²) in [4.78, 5) is 0. The van der Waals surface area contributed by atoms with Crippen molar-refractivity contribution in [2.75, 3.05) is 0 Å². The van der Waals surface area contributed by atoms with Gasteiger partial charge in [0, 0.05) is 0 Å². The average molecular weight is 209 g/mol. The number of hydrogen-bond acceptors (Lipinski definition) is 2. The van der Waals surface area contributed by atoms with Crippen molar-refractivity contribution in [1.29, 1.82) is 0 Å². The van der Waals surface area contributed by atoms with Gasteiger partial charge in [-0.1, -0.05) is 30.3 Å². The highest BCUT2D eigenvalue weighted by Gasteiger charge is 2.05. The van der Waals surface area contributed by atoms with E-state index in [0.717, 1.165) is 16.6 Å². The van der Waals surface area contributed by atoms with Crippen molar-refractivity contribution in [2.45, 2.75) is 6.92 Å². The summed E-state index contributed by atoms with van der Waals surface area (Å²) in [6, 6.07) is 14.5. The maximum absolute atomic E-state index is 4.13. The summed E-state index contributed by atoms with van der Waals surface area (Å²) < 4.78 is 0. The Bertz CT molecular complexity index is 626. The number of aryl methyl sites for hydroxylation is 1. The molecule has 0 atom stereocenters. The second-order valence-electron chi connectivity index (χ2n) is 3.85. The minimum Gasteiger partial charge on any atom is -0.197 e. The molecule has 0 amide bonds. The quantitative estimate of drug-likeness (QED) is 0.669. The predicted molar refractivity (Wildman–Crippen MR) is 64.1 cm³/mol. The molecular formula is C13H11N3. The highest BCUT2D eigenvalue weighted by Crippen LogP contribution is 2.24. The first-order chi connectivity index (χ1) is 7.84. The first-order valence-electron chi connectivity index (χ1n) is 5.21. The van der Waals surface area contributed by atoms with Gasteiger partial charge in [0.15, 0.2) is 0 Å². The third kappa shape index (κ3) is 1.37. The lowest BCUT2D eigenvalue weighted by Crippen LogP contribution is -1.82. The number of benzene rings is 2. The van der Waals surface area contributed by atoms with E-state index in [9.17, 15) is 0 Å². The van der Waals surface area contributed by atoms with E-state index in [1.54, 1.807) is 0 Å². The summed E-state index contributed by atoms with van der Waals surface area (Å²) in [7, 11) is 0. The second-order valence-corrected chi connectivity index (χ2v) is 3.85. The van der Waals surface area contributed by atoms with Crippen molar-refractivity contribution in [3.63, 3.8) is 0 Å². The van der Waals surface area contributed by atoms with Gasteiger partial charge in [0.05, 0.1) is 0 Å². The Hall–Kier alpha value is -2.16. The highest BCUT2D eigenvalue weighted by atomic mass is 15.3. The lowest BCUT2D eigenvalue weighted by atomic mass is 10.0. The molecule has 3 aromatic rings. The zero-order valence-electron chi connectivity index (χ0n) is 8.94. The van der Waals surface area contributed by atoms with Crippen LogP contribution in [0.5, 0.6) is 0 Å². The minimum absolute atomic E-state index is 0.916. The Morgan fingerprint density at radius 1 is 0.938 bits per heavy atom. The third-order valence-electron chi connectivity index (χ3n) is 2.72. The first kappa shape index (κ1) is 9.09. The van der Waals surface area contributed by atoms with Crippen LogP contribution in [0.2, 0.25) is 0 Å². The SMILES string of the molecule is Cc1cc(-c2ccccc2)cc2n[nH]nc12. The molecule has 0 saturated heterocycles. The Labute approximate surface area is 93.1 Å². The minimum atomic E-state index is 0.916. The van der Waals surface area contributed by atoms with Crippen LogP contribution in [0.4, 0.5) is 0 Å². The fourth-order valence-corrected chi connectivity index (χ4v) is 1.92. The number of H-pyrrole nitrogens is 1. The zero-order chi connectivity index (χ0) is 11.0. The fourth-order valence-electron chi connectivity index (χ4n) is 1.92. The van der Waals surface area contributed by atoms with Crippen LogP contribution in [-0.2, 0) is 0 Å². The summed E-state index contributed by atoms with van der Waals surface area (Å²) in [5, 5.41) is 10.9. The molecule has 0 aliphatic carbocycles. The van der Waals surface area contributed by atoms with Gasteiger partial charge in [0.2, 0.25) is 0 Å². The number of nitrogens with zero attached hydrogens (tertiary/aromatic N) is 2. The van der Waals surface area contributed by atoms with Crippen LogP contribution in [0.3, 0.4) is 0 Å². The molecule has 0 aliphatic rings. The van der Waals surface area contributed by atoms with Crippen molar-refractivity contribution in [3.05, 3.63) is 48.0 Å². The average Bonchev–Trinajstić information content (AvgIpc) is 2.79. The largest absolute Gasteiger partial charge is 0.197 e.